The second-order valence-corrected chi connectivity index (χ2v) is 10.6. The fraction of sp³-hybridized carbons (Fsp3) is 0.350. The molecule has 200 valence electrons. The number of nitrogens with two attached hydrogens (primary N) is 2. The van der Waals surface area contributed by atoms with Crippen LogP contribution in [0.25, 0.3) is 0 Å². The third-order valence-corrected chi connectivity index (χ3v) is 7.98. The zero-order valence-corrected chi connectivity index (χ0v) is 21.8. The number of aliphatic carboxylic acids is 1. The van der Waals surface area contributed by atoms with Crippen molar-refractivity contribution in [1.82, 2.24) is 19.9 Å². The SMILES string of the molecule is N#CCO/N=C(\C(=O)N[C@@H]1C(=O)N2C(C(=O)O)=C(C[n+]3ccc(N)n3CCO)CS[C@H]12)c1nc(N)sc1Cl. The molecule has 0 saturated carbocycles. The van der Waals surface area contributed by atoms with Gasteiger partial charge in [-0.2, -0.15) is 5.26 Å². The molecule has 2 aliphatic heterocycles. The number of oxime groups is 1. The van der Waals surface area contributed by atoms with Gasteiger partial charge < -0.3 is 31.8 Å². The first kappa shape index (κ1) is 27.2. The number of carboxylic acids is 1. The smallest absolute Gasteiger partial charge is 0.352 e. The number of nitrogens with zero attached hydrogens (tertiary/aromatic N) is 6. The molecular weight excluding hydrogens is 562 g/mol. The van der Waals surface area contributed by atoms with Crippen LogP contribution in [-0.2, 0) is 32.3 Å². The van der Waals surface area contributed by atoms with Gasteiger partial charge >= 0.3 is 5.97 Å². The molecule has 18 heteroatoms. The molecule has 1 fully saturated rings. The van der Waals surface area contributed by atoms with Gasteiger partial charge in [0.15, 0.2) is 29.4 Å². The van der Waals surface area contributed by atoms with Crippen LogP contribution < -0.4 is 21.5 Å². The number of rotatable bonds is 10. The van der Waals surface area contributed by atoms with E-state index in [0.717, 1.165) is 16.2 Å². The number of aromatic nitrogens is 3. The second kappa shape index (κ2) is 11.3. The van der Waals surface area contributed by atoms with Crippen LogP contribution in [0.3, 0.4) is 0 Å². The van der Waals surface area contributed by atoms with Gasteiger partial charge in [-0.15, -0.1) is 21.1 Å². The molecule has 2 aliphatic rings. The van der Waals surface area contributed by atoms with Crippen molar-refractivity contribution in [2.75, 3.05) is 30.4 Å². The van der Waals surface area contributed by atoms with Crippen molar-refractivity contribution in [1.29, 1.82) is 5.26 Å². The largest absolute Gasteiger partial charge is 0.477 e. The number of aliphatic hydroxyl groups is 1. The Kier molecular flexibility index (Phi) is 8.06. The first-order chi connectivity index (χ1) is 18.2. The highest BCUT2D eigenvalue weighted by Gasteiger charge is 2.55. The Morgan fingerprint density at radius 1 is 1.45 bits per heavy atom. The number of thioether (sulfide) groups is 1. The quantitative estimate of drug-likeness (QED) is 0.0729. The molecule has 38 heavy (non-hydrogen) atoms. The monoisotopic (exact) mass is 582 g/mol. The minimum Gasteiger partial charge on any atom is -0.477 e. The maximum absolute atomic E-state index is 13.1. The van der Waals surface area contributed by atoms with E-state index in [2.05, 4.69) is 15.5 Å². The predicted molar refractivity (Wildman–Crippen MR) is 135 cm³/mol. The number of amides is 2. The molecule has 0 spiro atoms. The number of carboxylic acid groups (broad SMARTS) is 1. The fourth-order valence-corrected chi connectivity index (χ4v) is 6.22. The number of hydrogen-bond acceptors (Lipinski definition) is 12. The number of halogens is 1. The zero-order valence-electron chi connectivity index (χ0n) is 19.4. The Hall–Kier alpha value is -3.85. The standard InChI is InChI=1S/C20H20ClN9O6S2/c21-15-11(26-20(24)38-15)12(27-36-6-2-22)16(32)25-13-17(33)30-14(19(34)35)9(8-37-18(13)30)7-28-3-1-10(23)29(28)4-5-31/h1,3,13,18,23,31H,4-8H2,(H4,24,25,26,32,34,35)/p+1/b27-12-/t13-,18-/m1/s1. The van der Waals surface area contributed by atoms with Crippen LogP contribution in [0.5, 0.6) is 0 Å². The Labute approximate surface area is 227 Å². The first-order valence-corrected chi connectivity index (χ1v) is 13.1. The van der Waals surface area contributed by atoms with Crippen molar-refractivity contribution in [2.45, 2.75) is 24.5 Å². The summed E-state index contributed by atoms with van der Waals surface area (Å²) in [5.41, 5.74) is 11.4. The van der Waals surface area contributed by atoms with Gasteiger partial charge in [-0.3, -0.25) is 14.5 Å². The van der Waals surface area contributed by atoms with Crippen LogP contribution in [-0.4, -0.2) is 78.7 Å². The van der Waals surface area contributed by atoms with E-state index in [4.69, 9.17) is 33.2 Å². The van der Waals surface area contributed by atoms with Crippen LogP contribution in [0.15, 0.2) is 28.7 Å². The first-order valence-electron chi connectivity index (χ1n) is 10.8. The fourth-order valence-electron chi connectivity index (χ4n) is 3.96. The average Bonchev–Trinajstić information content (AvgIpc) is 3.40. The highest BCUT2D eigenvalue weighted by Crippen LogP contribution is 2.40. The molecule has 0 aromatic carbocycles. The number of thiazole rings is 1. The molecule has 1 saturated heterocycles. The number of fused-ring (bicyclic) bond motifs is 1. The van der Waals surface area contributed by atoms with Gasteiger partial charge in [-0.05, 0) is 0 Å². The summed E-state index contributed by atoms with van der Waals surface area (Å²) >= 11 is 8.27. The molecule has 4 heterocycles. The normalized spacial score (nSPS) is 19.0. The summed E-state index contributed by atoms with van der Waals surface area (Å²) in [7, 11) is 0. The average molecular weight is 583 g/mol. The summed E-state index contributed by atoms with van der Waals surface area (Å²) < 4.78 is 3.30. The van der Waals surface area contributed by atoms with Gasteiger partial charge in [-0.1, -0.05) is 28.1 Å². The maximum Gasteiger partial charge on any atom is 0.352 e. The Morgan fingerprint density at radius 2 is 2.21 bits per heavy atom. The number of nitriles is 1. The molecule has 15 nitrogen and oxygen atoms in total. The van der Waals surface area contributed by atoms with E-state index >= 15 is 0 Å². The molecule has 2 aromatic heterocycles. The van der Waals surface area contributed by atoms with E-state index in [-0.39, 0.29) is 46.3 Å². The van der Waals surface area contributed by atoms with Crippen molar-refractivity contribution in [3.63, 3.8) is 0 Å². The summed E-state index contributed by atoms with van der Waals surface area (Å²) in [5.74, 6) is -2.16. The third kappa shape index (κ3) is 5.11. The van der Waals surface area contributed by atoms with Crippen LogP contribution in [0, 0.1) is 11.3 Å². The van der Waals surface area contributed by atoms with E-state index in [1.54, 1.807) is 27.7 Å². The molecule has 2 aromatic rings. The van der Waals surface area contributed by atoms with Crippen molar-refractivity contribution in [3.8, 4) is 6.07 Å². The van der Waals surface area contributed by atoms with E-state index in [9.17, 15) is 24.6 Å². The lowest BCUT2D eigenvalue weighted by atomic mass is 10.0. The van der Waals surface area contributed by atoms with Crippen molar-refractivity contribution >= 4 is 69.1 Å². The van der Waals surface area contributed by atoms with E-state index < -0.39 is 41.5 Å². The molecule has 0 radical (unpaired) electrons. The third-order valence-electron chi connectivity index (χ3n) is 5.55. The molecule has 0 aliphatic carbocycles. The van der Waals surface area contributed by atoms with E-state index in [1.807, 2.05) is 0 Å². The number of β-lactam (4-membered cyclic amide) rings is 1. The Balaban J connectivity index is 1.56. The minimum absolute atomic E-state index is 0.0513. The Morgan fingerprint density at radius 3 is 2.84 bits per heavy atom. The molecule has 4 rings (SSSR count). The lowest BCUT2D eigenvalue weighted by Gasteiger charge is -2.49. The van der Waals surface area contributed by atoms with Crippen LogP contribution >= 0.6 is 34.7 Å². The molecule has 7 N–H and O–H groups in total. The number of carbonyl (C=O) groups excluding carboxylic acids is 2. The van der Waals surface area contributed by atoms with Crippen molar-refractivity contribution < 1.29 is 34.1 Å². The highest BCUT2D eigenvalue weighted by atomic mass is 35.5. The summed E-state index contributed by atoms with van der Waals surface area (Å²) in [6.07, 6.45) is 1.65. The molecule has 0 bridgehead atoms. The van der Waals surface area contributed by atoms with Gasteiger partial charge in [0.1, 0.15) is 39.8 Å². The van der Waals surface area contributed by atoms with Gasteiger partial charge in [0.05, 0.1) is 12.7 Å². The maximum atomic E-state index is 13.1. The topological polar surface area (TPSA) is 226 Å². The van der Waals surface area contributed by atoms with Crippen LogP contribution in [0.4, 0.5) is 10.9 Å². The number of nitrogen functional groups attached to an aromatic ring is 2. The minimum atomic E-state index is -1.30. The van der Waals surface area contributed by atoms with E-state index in [1.165, 1.54) is 11.8 Å². The van der Waals surface area contributed by atoms with Crippen molar-refractivity contribution in [2.24, 2.45) is 5.16 Å². The molecule has 0 unspecified atom stereocenters. The van der Waals surface area contributed by atoms with E-state index in [0.29, 0.717) is 11.4 Å². The second-order valence-electron chi connectivity index (χ2n) is 7.85. The number of carbonyl (C=O) groups is 3. The van der Waals surface area contributed by atoms with Gasteiger partial charge in [0, 0.05) is 11.3 Å². The van der Waals surface area contributed by atoms with Gasteiger partial charge in [0.25, 0.3) is 11.8 Å². The molecule has 2 amide bonds. The summed E-state index contributed by atoms with van der Waals surface area (Å²) in [5, 5.41) is 33.5. The predicted octanol–water partition coefficient (Wildman–Crippen LogP) is -1.27. The molecule has 2 atom stereocenters. The Bertz CT molecular complexity index is 1400. The summed E-state index contributed by atoms with van der Waals surface area (Å²) in [6.45, 7) is -0.296. The summed E-state index contributed by atoms with van der Waals surface area (Å²) in [6, 6.07) is 2.26. The highest BCUT2D eigenvalue weighted by molar-refractivity contribution is 8.00. The molecular formula is C20H21ClN9O6S2+. The van der Waals surface area contributed by atoms with Crippen LogP contribution in [0.1, 0.15) is 5.69 Å². The van der Waals surface area contributed by atoms with Crippen molar-refractivity contribution in [3.05, 3.63) is 33.6 Å². The number of aliphatic hydroxyl groups excluding tert-OH is 1. The van der Waals surface area contributed by atoms with Gasteiger partial charge in [-0.25, -0.2) is 9.78 Å². The number of anilines is 2. The summed E-state index contributed by atoms with van der Waals surface area (Å²) in [4.78, 5) is 48.2. The lowest BCUT2D eigenvalue weighted by molar-refractivity contribution is -0.767. The number of nitrogens with one attached hydrogen (secondary N) is 1. The lowest BCUT2D eigenvalue weighted by Crippen LogP contribution is -2.71. The zero-order chi connectivity index (χ0) is 27.6. The van der Waals surface area contributed by atoms with Gasteiger partial charge in [0.2, 0.25) is 6.61 Å². The van der Waals surface area contributed by atoms with Crippen LogP contribution in [0.2, 0.25) is 4.34 Å². The number of hydrogen-bond donors (Lipinski definition) is 5.